The maximum atomic E-state index is 11.9. The average Bonchev–Trinajstić information content (AvgIpc) is 2.58. The van der Waals surface area contributed by atoms with Gasteiger partial charge in [-0.1, -0.05) is 41.5 Å². The van der Waals surface area contributed by atoms with Crippen LogP contribution in [0.2, 0.25) is 0 Å². The van der Waals surface area contributed by atoms with Gasteiger partial charge >= 0.3 is 0 Å². The second-order valence-corrected chi connectivity index (χ2v) is 6.43. The van der Waals surface area contributed by atoms with Crippen molar-refractivity contribution < 1.29 is 4.79 Å². The van der Waals surface area contributed by atoms with E-state index >= 15 is 0 Å². The van der Waals surface area contributed by atoms with Gasteiger partial charge in [-0.15, -0.1) is 0 Å². The monoisotopic (exact) mass is 182 g/mol. The Hall–Kier alpha value is -0.330. The molecule has 0 heterocycles. The summed E-state index contributed by atoms with van der Waals surface area (Å²) in [7, 11) is 0. The van der Waals surface area contributed by atoms with Crippen molar-refractivity contribution in [3.8, 4) is 0 Å². The number of hydrogen-bond acceptors (Lipinski definition) is 1. The van der Waals surface area contributed by atoms with Gasteiger partial charge in [0.15, 0.2) is 0 Å². The van der Waals surface area contributed by atoms with Gasteiger partial charge in [-0.2, -0.15) is 0 Å². The second-order valence-electron chi connectivity index (χ2n) is 6.43. The summed E-state index contributed by atoms with van der Waals surface area (Å²) in [6.07, 6.45) is 1.11. The Morgan fingerprint density at radius 3 is 1.77 bits per heavy atom. The summed E-state index contributed by atoms with van der Waals surface area (Å²) < 4.78 is 0. The summed E-state index contributed by atoms with van der Waals surface area (Å²) in [5, 5.41) is 0. The minimum Gasteiger partial charge on any atom is -0.299 e. The molecule has 0 unspecified atom stereocenters. The topological polar surface area (TPSA) is 17.1 Å². The SMILES string of the molecule is CC(C)(C)C(=O)[C@@H]1C[C@@H]1C(C)(C)C. The van der Waals surface area contributed by atoms with E-state index < -0.39 is 0 Å². The minimum atomic E-state index is -0.148. The first-order chi connectivity index (χ1) is 5.64. The van der Waals surface area contributed by atoms with Crippen LogP contribution in [0, 0.1) is 22.7 Å². The Morgan fingerprint density at radius 1 is 1.08 bits per heavy atom. The van der Waals surface area contributed by atoms with Crippen molar-refractivity contribution in [2.75, 3.05) is 0 Å². The Kier molecular flexibility index (Phi) is 2.34. The first-order valence-electron chi connectivity index (χ1n) is 5.18. The highest BCUT2D eigenvalue weighted by Gasteiger charge is 2.51. The maximum absolute atomic E-state index is 11.9. The molecule has 0 aliphatic heterocycles. The Bertz CT molecular complexity index is 214. The standard InChI is InChI=1S/C12H22O/c1-11(2,3)9-7-8(9)10(13)12(4,5)6/h8-9H,7H2,1-6H3/t8-,9+/m1/s1. The number of carbonyl (C=O) groups is 1. The molecular weight excluding hydrogens is 160 g/mol. The molecule has 2 atom stereocenters. The van der Waals surface area contributed by atoms with Crippen LogP contribution in [0.5, 0.6) is 0 Å². The van der Waals surface area contributed by atoms with Crippen molar-refractivity contribution in [3.05, 3.63) is 0 Å². The molecule has 1 aliphatic rings. The largest absolute Gasteiger partial charge is 0.299 e. The van der Waals surface area contributed by atoms with Gasteiger partial charge in [0.25, 0.3) is 0 Å². The molecule has 1 heteroatoms. The third kappa shape index (κ3) is 2.32. The summed E-state index contributed by atoms with van der Waals surface area (Å²) in [6, 6.07) is 0. The Morgan fingerprint density at radius 2 is 1.54 bits per heavy atom. The van der Waals surface area contributed by atoms with Gasteiger partial charge in [0.1, 0.15) is 5.78 Å². The first kappa shape index (κ1) is 10.7. The van der Waals surface area contributed by atoms with E-state index in [0.717, 1.165) is 6.42 Å². The van der Waals surface area contributed by atoms with Crippen molar-refractivity contribution in [2.45, 2.75) is 48.0 Å². The first-order valence-corrected chi connectivity index (χ1v) is 5.18. The molecule has 76 valence electrons. The lowest BCUT2D eigenvalue weighted by atomic mass is 9.83. The van der Waals surface area contributed by atoms with Crippen molar-refractivity contribution >= 4 is 5.78 Å². The van der Waals surface area contributed by atoms with Crippen LogP contribution in [-0.4, -0.2) is 5.78 Å². The van der Waals surface area contributed by atoms with Crippen LogP contribution >= 0.6 is 0 Å². The number of rotatable bonds is 1. The van der Waals surface area contributed by atoms with Gasteiger partial charge in [0, 0.05) is 11.3 Å². The predicted octanol–water partition coefficient (Wildman–Crippen LogP) is 3.28. The molecule has 1 fully saturated rings. The van der Waals surface area contributed by atoms with Crippen molar-refractivity contribution in [3.63, 3.8) is 0 Å². The van der Waals surface area contributed by atoms with Crippen molar-refractivity contribution in [1.82, 2.24) is 0 Å². The van der Waals surface area contributed by atoms with Gasteiger partial charge in [0.2, 0.25) is 0 Å². The molecule has 0 spiro atoms. The molecular formula is C12H22O. The minimum absolute atomic E-state index is 0.148. The fourth-order valence-corrected chi connectivity index (χ4v) is 2.00. The highest BCUT2D eigenvalue weighted by Crippen LogP contribution is 2.53. The van der Waals surface area contributed by atoms with E-state index in [2.05, 4.69) is 20.8 Å². The van der Waals surface area contributed by atoms with Gasteiger partial charge < -0.3 is 0 Å². The molecule has 0 aromatic heterocycles. The van der Waals surface area contributed by atoms with Gasteiger partial charge in [-0.05, 0) is 17.8 Å². The summed E-state index contributed by atoms with van der Waals surface area (Å²) in [4.78, 5) is 11.9. The fraction of sp³-hybridized carbons (Fsp3) is 0.917. The number of ketones is 1. The molecule has 0 N–H and O–H groups in total. The molecule has 0 aromatic carbocycles. The van der Waals surface area contributed by atoms with E-state index in [1.807, 2.05) is 20.8 Å². The molecule has 1 saturated carbocycles. The number of Topliss-reactive ketones (excluding diaryl/α,β-unsaturated/α-hetero) is 1. The van der Waals surface area contributed by atoms with E-state index in [1.54, 1.807) is 0 Å². The maximum Gasteiger partial charge on any atom is 0.141 e. The molecule has 0 amide bonds. The molecule has 0 bridgehead atoms. The van der Waals surface area contributed by atoms with Gasteiger partial charge in [0.05, 0.1) is 0 Å². The van der Waals surface area contributed by atoms with E-state index in [-0.39, 0.29) is 5.41 Å². The zero-order chi connectivity index (χ0) is 10.4. The summed E-state index contributed by atoms with van der Waals surface area (Å²) in [6.45, 7) is 12.8. The third-order valence-corrected chi connectivity index (χ3v) is 2.98. The summed E-state index contributed by atoms with van der Waals surface area (Å²) in [5.41, 5.74) is 0.163. The summed E-state index contributed by atoms with van der Waals surface area (Å²) >= 11 is 0. The van der Waals surface area contributed by atoms with Crippen LogP contribution in [-0.2, 0) is 4.79 Å². The highest BCUT2D eigenvalue weighted by molar-refractivity contribution is 5.88. The highest BCUT2D eigenvalue weighted by atomic mass is 16.1. The zero-order valence-corrected chi connectivity index (χ0v) is 9.77. The molecule has 0 aromatic rings. The van der Waals surface area contributed by atoms with E-state index in [9.17, 15) is 4.79 Å². The second kappa shape index (κ2) is 2.83. The van der Waals surface area contributed by atoms with Gasteiger partial charge in [-0.25, -0.2) is 0 Å². The predicted molar refractivity (Wildman–Crippen MR) is 55.5 cm³/mol. The normalized spacial score (nSPS) is 28.8. The van der Waals surface area contributed by atoms with Crippen molar-refractivity contribution in [1.29, 1.82) is 0 Å². The van der Waals surface area contributed by atoms with Crippen LogP contribution in [0.4, 0.5) is 0 Å². The average molecular weight is 182 g/mol. The number of carbonyl (C=O) groups excluding carboxylic acids is 1. The van der Waals surface area contributed by atoms with Crippen LogP contribution in [0.25, 0.3) is 0 Å². The van der Waals surface area contributed by atoms with Crippen LogP contribution < -0.4 is 0 Å². The molecule has 13 heavy (non-hydrogen) atoms. The summed E-state index contributed by atoms with van der Waals surface area (Å²) in [5.74, 6) is 1.42. The van der Waals surface area contributed by atoms with E-state index in [1.165, 1.54) is 0 Å². The number of hydrogen-bond donors (Lipinski definition) is 0. The smallest absolute Gasteiger partial charge is 0.141 e. The van der Waals surface area contributed by atoms with Crippen LogP contribution in [0.1, 0.15) is 48.0 Å². The molecule has 1 aliphatic carbocycles. The third-order valence-electron chi connectivity index (χ3n) is 2.98. The Labute approximate surface area is 81.9 Å². The Balaban J connectivity index is 2.58. The lowest BCUT2D eigenvalue weighted by molar-refractivity contribution is -0.128. The lowest BCUT2D eigenvalue weighted by Crippen LogP contribution is -2.24. The van der Waals surface area contributed by atoms with Gasteiger partial charge in [-0.3, -0.25) is 4.79 Å². The molecule has 1 rings (SSSR count). The van der Waals surface area contributed by atoms with E-state index in [4.69, 9.17) is 0 Å². The zero-order valence-electron chi connectivity index (χ0n) is 9.77. The molecule has 1 nitrogen and oxygen atoms in total. The van der Waals surface area contributed by atoms with Crippen molar-refractivity contribution in [2.24, 2.45) is 22.7 Å². The van der Waals surface area contributed by atoms with Crippen LogP contribution in [0.15, 0.2) is 0 Å². The van der Waals surface area contributed by atoms with Crippen LogP contribution in [0.3, 0.4) is 0 Å². The fourth-order valence-electron chi connectivity index (χ4n) is 2.00. The van der Waals surface area contributed by atoms with E-state index in [0.29, 0.717) is 23.0 Å². The molecule has 0 saturated heterocycles. The quantitative estimate of drug-likeness (QED) is 0.608. The lowest BCUT2D eigenvalue weighted by Gasteiger charge is -2.21. The molecule has 0 radical (unpaired) electrons.